The molecule has 0 spiro atoms. The van der Waals surface area contributed by atoms with E-state index in [4.69, 9.17) is 9.94 Å². The molecular weight excluding hydrogens is 588 g/mol. The summed E-state index contributed by atoms with van der Waals surface area (Å²) in [6, 6.07) is 10.4. The minimum absolute atomic E-state index is 0.0187. The second-order valence-electron chi connectivity index (χ2n) is 6.16. The zero-order valence-corrected chi connectivity index (χ0v) is 20.3. The number of hydrogen-bond acceptors (Lipinski definition) is 5. The van der Waals surface area contributed by atoms with Crippen LogP contribution in [0.2, 0.25) is 0 Å². The maximum Gasteiger partial charge on any atom is 0.412 e. The third kappa shape index (κ3) is 7.75. The number of rotatable bonds is 8. The Labute approximate surface area is 198 Å². The Balaban J connectivity index is 2.12. The van der Waals surface area contributed by atoms with Gasteiger partial charge in [-0.05, 0) is 71.6 Å². The first-order chi connectivity index (χ1) is 14.3. The van der Waals surface area contributed by atoms with E-state index in [1.165, 1.54) is 11.6 Å². The summed E-state index contributed by atoms with van der Waals surface area (Å²) in [5.74, 6) is -0.639. The molecule has 160 valence electrons. The summed E-state index contributed by atoms with van der Waals surface area (Å²) in [6.45, 7) is 0. The highest BCUT2D eigenvalue weighted by atomic mass is 79.9. The number of nitrogens with one attached hydrogen (secondary N) is 2. The normalized spacial score (nSPS) is 11.9. The summed E-state index contributed by atoms with van der Waals surface area (Å²) in [5, 5.41) is 21.6. The number of phenolic OH excluding ortho intramolecular Hbond substituents is 1. The van der Waals surface area contributed by atoms with Gasteiger partial charge in [0, 0.05) is 26.3 Å². The summed E-state index contributed by atoms with van der Waals surface area (Å²) < 4.78 is 7.66. The van der Waals surface area contributed by atoms with Crippen LogP contribution in [0.1, 0.15) is 30.9 Å². The Hall–Kier alpha value is -1.88. The van der Waals surface area contributed by atoms with Gasteiger partial charge < -0.3 is 9.84 Å². The van der Waals surface area contributed by atoms with E-state index in [-0.39, 0.29) is 5.75 Å². The number of carbonyl (C=O) groups excluding carboxylic acids is 2. The van der Waals surface area contributed by atoms with Gasteiger partial charge in [-0.25, -0.2) is 10.3 Å². The van der Waals surface area contributed by atoms with Crippen LogP contribution in [-0.4, -0.2) is 22.3 Å². The van der Waals surface area contributed by atoms with Gasteiger partial charge in [0.2, 0.25) is 0 Å². The average Bonchev–Trinajstić information content (AvgIpc) is 2.71. The molecule has 0 aliphatic heterocycles. The second-order valence-corrected chi connectivity index (χ2v) is 8.85. The Bertz CT molecular complexity index is 919. The van der Waals surface area contributed by atoms with Gasteiger partial charge in [0.1, 0.15) is 11.9 Å². The molecule has 2 aromatic carbocycles. The van der Waals surface area contributed by atoms with Crippen LogP contribution < -0.4 is 10.8 Å². The number of benzene rings is 2. The number of carbonyl (C=O) groups is 2. The van der Waals surface area contributed by atoms with Crippen molar-refractivity contribution in [1.82, 2.24) is 5.48 Å². The number of unbranched alkanes of at least 4 members (excludes halogenated alkanes) is 1. The van der Waals surface area contributed by atoms with Crippen LogP contribution in [-0.2, 0) is 9.53 Å². The smallest absolute Gasteiger partial charge is 0.412 e. The van der Waals surface area contributed by atoms with Crippen LogP contribution in [0.5, 0.6) is 5.75 Å². The Morgan fingerprint density at radius 3 is 2.47 bits per heavy atom. The first kappa shape index (κ1) is 24.4. The summed E-state index contributed by atoms with van der Waals surface area (Å²) in [6.07, 6.45) is 2.90. The zero-order chi connectivity index (χ0) is 22.1. The minimum atomic E-state index is -0.727. The van der Waals surface area contributed by atoms with Crippen molar-refractivity contribution in [2.45, 2.75) is 25.4 Å². The number of ether oxygens (including phenoxy) is 1. The molecule has 0 heterocycles. The van der Waals surface area contributed by atoms with Crippen LogP contribution in [0.15, 0.2) is 62.0 Å². The maximum absolute atomic E-state index is 12.4. The first-order valence-electron chi connectivity index (χ1n) is 8.82. The lowest BCUT2D eigenvalue weighted by Gasteiger charge is -2.20. The van der Waals surface area contributed by atoms with Crippen molar-refractivity contribution in [3.63, 3.8) is 0 Å². The molecule has 0 aromatic heterocycles. The first-order valence-corrected chi connectivity index (χ1v) is 11.2. The molecule has 0 radical (unpaired) electrons. The van der Waals surface area contributed by atoms with Crippen LogP contribution in [0.25, 0.3) is 0 Å². The maximum atomic E-state index is 12.4. The van der Waals surface area contributed by atoms with Crippen LogP contribution in [0.4, 0.5) is 10.5 Å². The third-order valence-corrected chi connectivity index (χ3v) is 5.55. The van der Waals surface area contributed by atoms with Gasteiger partial charge in [-0.2, -0.15) is 0 Å². The fourth-order valence-corrected chi connectivity index (χ4v) is 4.09. The average molecular weight is 607 g/mol. The van der Waals surface area contributed by atoms with E-state index < -0.39 is 18.1 Å². The highest BCUT2D eigenvalue weighted by molar-refractivity contribution is 9.11. The quantitative estimate of drug-likeness (QED) is 0.124. The van der Waals surface area contributed by atoms with Crippen molar-refractivity contribution in [3.05, 3.63) is 67.5 Å². The van der Waals surface area contributed by atoms with Crippen molar-refractivity contribution < 1.29 is 24.6 Å². The van der Waals surface area contributed by atoms with Crippen molar-refractivity contribution in [1.29, 1.82) is 0 Å². The molecule has 1 atom stereocenters. The third-order valence-electron chi connectivity index (χ3n) is 3.96. The largest absolute Gasteiger partial charge is 0.506 e. The minimum Gasteiger partial charge on any atom is -0.506 e. The van der Waals surface area contributed by atoms with E-state index in [0.717, 1.165) is 4.47 Å². The van der Waals surface area contributed by atoms with Gasteiger partial charge in [0.05, 0.1) is 4.47 Å². The number of amides is 2. The highest BCUT2D eigenvalue weighted by Gasteiger charge is 2.22. The van der Waals surface area contributed by atoms with Crippen molar-refractivity contribution in [2.75, 3.05) is 5.32 Å². The molecule has 4 N–H and O–H groups in total. The van der Waals surface area contributed by atoms with Crippen LogP contribution in [0.3, 0.4) is 0 Å². The van der Waals surface area contributed by atoms with Crippen molar-refractivity contribution in [2.24, 2.45) is 0 Å². The van der Waals surface area contributed by atoms with Gasteiger partial charge in [0.15, 0.2) is 0 Å². The lowest BCUT2D eigenvalue weighted by Crippen LogP contribution is -2.18. The van der Waals surface area contributed by atoms with E-state index in [1.807, 2.05) is 0 Å². The summed E-state index contributed by atoms with van der Waals surface area (Å²) in [7, 11) is 0. The molecule has 0 unspecified atom stereocenters. The predicted molar refractivity (Wildman–Crippen MR) is 123 cm³/mol. The number of aromatic hydroxyl groups is 1. The summed E-state index contributed by atoms with van der Waals surface area (Å²) >= 11 is 10.0. The molecule has 0 fully saturated rings. The topological polar surface area (TPSA) is 108 Å². The molecule has 0 aliphatic rings. The standard InChI is InChI=1S/C20H19Br3N2O5/c21-12-6-8-14(9-7-12)24-20(28)30-17(4-2-1-3-5-18(26)25-29)15-10-13(22)11-16(23)19(15)27/h3,5-11,17,27,29H,1-2,4H2,(H,24,28)(H,25,26)/b5-3+/t17-/m1/s1. The number of phenols is 1. The van der Waals surface area contributed by atoms with E-state index in [9.17, 15) is 14.7 Å². The van der Waals surface area contributed by atoms with Gasteiger partial charge in [-0.15, -0.1) is 0 Å². The molecule has 2 rings (SSSR count). The molecule has 10 heteroatoms. The molecule has 0 aliphatic carbocycles. The van der Waals surface area contributed by atoms with E-state index in [2.05, 4.69) is 53.1 Å². The molecule has 0 saturated heterocycles. The molecule has 2 aromatic rings. The molecule has 0 saturated carbocycles. The Kier molecular flexibility index (Phi) is 9.83. The van der Waals surface area contributed by atoms with E-state index in [1.54, 1.807) is 42.5 Å². The van der Waals surface area contributed by atoms with E-state index >= 15 is 0 Å². The molecular formula is C20H19Br3N2O5. The molecule has 0 bridgehead atoms. The number of hydroxylamine groups is 1. The van der Waals surface area contributed by atoms with Gasteiger partial charge in [0.25, 0.3) is 5.91 Å². The van der Waals surface area contributed by atoms with Crippen LogP contribution >= 0.6 is 47.8 Å². The second kappa shape index (κ2) is 12.1. The zero-order valence-electron chi connectivity index (χ0n) is 15.6. The number of hydrogen-bond donors (Lipinski definition) is 4. The SMILES string of the molecule is O=C(/C=C/CCC[C@@H](OC(=O)Nc1ccc(Br)cc1)c1cc(Br)cc(Br)c1O)NO. The Morgan fingerprint density at radius 1 is 1.10 bits per heavy atom. The lowest BCUT2D eigenvalue weighted by molar-refractivity contribution is -0.124. The fraction of sp³-hybridized carbons (Fsp3) is 0.200. The van der Waals surface area contributed by atoms with Crippen molar-refractivity contribution in [3.8, 4) is 5.75 Å². The number of allylic oxidation sites excluding steroid dienone is 1. The van der Waals surface area contributed by atoms with Crippen LogP contribution in [0, 0.1) is 0 Å². The van der Waals surface area contributed by atoms with Gasteiger partial charge >= 0.3 is 6.09 Å². The summed E-state index contributed by atoms with van der Waals surface area (Å²) in [5.41, 5.74) is 2.53. The predicted octanol–water partition coefficient (Wildman–Crippen LogP) is 6.20. The van der Waals surface area contributed by atoms with E-state index in [0.29, 0.717) is 39.5 Å². The molecule has 2 amide bonds. The fourth-order valence-electron chi connectivity index (χ4n) is 2.57. The monoisotopic (exact) mass is 604 g/mol. The number of halogens is 3. The number of anilines is 1. The summed E-state index contributed by atoms with van der Waals surface area (Å²) in [4.78, 5) is 23.5. The molecule has 30 heavy (non-hydrogen) atoms. The van der Waals surface area contributed by atoms with Crippen molar-refractivity contribution >= 4 is 65.5 Å². The lowest BCUT2D eigenvalue weighted by atomic mass is 10.0. The Morgan fingerprint density at radius 2 is 1.80 bits per heavy atom. The van der Waals surface area contributed by atoms with Gasteiger partial charge in [-0.1, -0.05) is 37.9 Å². The van der Waals surface area contributed by atoms with Gasteiger partial charge in [-0.3, -0.25) is 15.3 Å². The molecule has 7 nitrogen and oxygen atoms in total. The highest BCUT2D eigenvalue weighted by Crippen LogP contribution is 2.38.